The summed E-state index contributed by atoms with van der Waals surface area (Å²) in [5, 5.41) is 14.6. The van der Waals surface area contributed by atoms with E-state index in [1.165, 1.54) is 0 Å². The molecule has 1 aliphatic rings. The molecular formula is C16H18N2O2S. The van der Waals surface area contributed by atoms with Crippen LogP contribution in [0.15, 0.2) is 41.9 Å². The Labute approximate surface area is 127 Å². The van der Waals surface area contributed by atoms with E-state index in [4.69, 9.17) is 0 Å². The minimum absolute atomic E-state index is 0.00427. The summed E-state index contributed by atoms with van der Waals surface area (Å²) in [6, 6.07) is 9.62. The normalized spacial score (nSPS) is 22.3. The molecule has 5 heteroatoms. The molecule has 110 valence electrons. The van der Waals surface area contributed by atoms with Gasteiger partial charge in [0.05, 0.1) is 18.6 Å². The summed E-state index contributed by atoms with van der Waals surface area (Å²) in [6.45, 7) is 0. The highest BCUT2D eigenvalue weighted by molar-refractivity contribution is 7.10. The van der Waals surface area contributed by atoms with Gasteiger partial charge in [0, 0.05) is 16.8 Å². The maximum Gasteiger partial charge on any atom is 0.226 e. The summed E-state index contributed by atoms with van der Waals surface area (Å²) >= 11 is 1.65. The summed E-state index contributed by atoms with van der Waals surface area (Å²) in [4.78, 5) is 17.6. The van der Waals surface area contributed by atoms with Gasteiger partial charge in [-0.15, -0.1) is 11.3 Å². The fourth-order valence-electron chi connectivity index (χ4n) is 2.68. The molecule has 1 amide bonds. The van der Waals surface area contributed by atoms with Gasteiger partial charge >= 0.3 is 0 Å². The smallest absolute Gasteiger partial charge is 0.226 e. The third kappa shape index (κ3) is 3.49. The third-order valence-electron chi connectivity index (χ3n) is 3.86. The van der Waals surface area contributed by atoms with Gasteiger partial charge in [-0.05, 0) is 42.3 Å². The molecule has 1 fully saturated rings. The molecule has 0 saturated heterocycles. The van der Waals surface area contributed by atoms with Gasteiger partial charge < -0.3 is 10.4 Å². The van der Waals surface area contributed by atoms with Crippen LogP contribution in [-0.4, -0.2) is 22.1 Å². The molecule has 21 heavy (non-hydrogen) atoms. The van der Waals surface area contributed by atoms with Gasteiger partial charge in [-0.1, -0.05) is 12.1 Å². The number of aromatic nitrogens is 1. The summed E-state index contributed by atoms with van der Waals surface area (Å²) in [6.07, 6.45) is 3.28. The quantitative estimate of drug-likeness (QED) is 0.891. The lowest BCUT2D eigenvalue weighted by Gasteiger charge is -2.37. The monoisotopic (exact) mass is 302 g/mol. The van der Waals surface area contributed by atoms with Crippen molar-refractivity contribution in [3.05, 3.63) is 52.5 Å². The molecule has 0 aliphatic heterocycles. The Kier molecular flexibility index (Phi) is 4.31. The number of amides is 1. The van der Waals surface area contributed by atoms with E-state index in [1.54, 1.807) is 17.5 Å². The molecule has 3 rings (SSSR count). The van der Waals surface area contributed by atoms with Crippen molar-refractivity contribution in [3.8, 4) is 0 Å². The lowest BCUT2D eigenvalue weighted by atomic mass is 9.76. The molecule has 1 atom stereocenters. The summed E-state index contributed by atoms with van der Waals surface area (Å²) in [5.41, 5.74) is 0.772. The van der Waals surface area contributed by atoms with Crippen LogP contribution >= 0.6 is 11.3 Å². The molecule has 0 spiro atoms. The number of hydrogen-bond donors (Lipinski definition) is 2. The largest absolute Gasteiger partial charge is 0.393 e. The fourth-order valence-corrected chi connectivity index (χ4v) is 3.55. The van der Waals surface area contributed by atoms with Gasteiger partial charge in [0.25, 0.3) is 0 Å². The van der Waals surface area contributed by atoms with E-state index in [2.05, 4.69) is 10.3 Å². The van der Waals surface area contributed by atoms with Crippen molar-refractivity contribution >= 4 is 17.2 Å². The number of carbonyl (C=O) groups excluding carboxylic acids is 1. The Morgan fingerprint density at radius 1 is 1.38 bits per heavy atom. The number of hydrogen-bond acceptors (Lipinski definition) is 4. The Balaban J connectivity index is 1.65. The molecule has 0 unspecified atom stereocenters. The summed E-state index contributed by atoms with van der Waals surface area (Å²) < 4.78 is 0. The molecule has 1 aliphatic carbocycles. The fraction of sp³-hybridized carbons (Fsp3) is 0.375. The highest BCUT2D eigenvalue weighted by atomic mass is 32.1. The molecular weight excluding hydrogens is 284 g/mol. The van der Waals surface area contributed by atoms with E-state index < -0.39 is 0 Å². The predicted octanol–water partition coefficient (Wildman–Crippen LogP) is 2.31. The van der Waals surface area contributed by atoms with Crippen LogP contribution < -0.4 is 5.32 Å². The van der Waals surface area contributed by atoms with Crippen molar-refractivity contribution in [2.45, 2.75) is 31.4 Å². The Morgan fingerprint density at radius 2 is 2.24 bits per heavy atom. The molecule has 0 aromatic carbocycles. The topological polar surface area (TPSA) is 62.2 Å². The zero-order valence-corrected chi connectivity index (χ0v) is 12.4. The standard InChI is InChI=1S/C16H18N2O2S/c19-13-8-11(9-13)16(14-5-3-7-21-14)18-15(20)10-12-4-1-2-6-17-12/h1-7,11,13,16,19H,8-10H2,(H,18,20)/t11?,13?,16-/m0/s1. The average molecular weight is 302 g/mol. The lowest BCUT2D eigenvalue weighted by Crippen LogP contribution is -2.41. The number of aliphatic hydroxyl groups is 1. The molecule has 0 bridgehead atoms. The van der Waals surface area contributed by atoms with Gasteiger partial charge in [0.15, 0.2) is 0 Å². The first-order chi connectivity index (χ1) is 10.2. The predicted molar refractivity (Wildman–Crippen MR) is 81.9 cm³/mol. The minimum Gasteiger partial charge on any atom is -0.393 e. The molecule has 2 N–H and O–H groups in total. The second-order valence-corrected chi connectivity index (χ2v) is 6.42. The van der Waals surface area contributed by atoms with Crippen molar-refractivity contribution in [1.29, 1.82) is 0 Å². The van der Waals surface area contributed by atoms with Gasteiger partial charge in [0.1, 0.15) is 0 Å². The zero-order chi connectivity index (χ0) is 14.7. The maximum atomic E-state index is 12.2. The molecule has 2 aromatic heterocycles. The van der Waals surface area contributed by atoms with E-state index in [-0.39, 0.29) is 24.5 Å². The SMILES string of the molecule is O=C(Cc1ccccn1)N[C@H](c1cccs1)C1CC(O)C1. The first kappa shape index (κ1) is 14.2. The van der Waals surface area contributed by atoms with E-state index >= 15 is 0 Å². The number of aliphatic hydroxyl groups excluding tert-OH is 1. The molecule has 1 saturated carbocycles. The number of rotatable bonds is 5. The molecule has 2 heterocycles. The first-order valence-electron chi connectivity index (χ1n) is 7.13. The summed E-state index contributed by atoms with van der Waals surface area (Å²) in [5.74, 6) is 0.305. The average Bonchev–Trinajstić information content (AvgIpc) is 2.97. The van der Waals surface area contributed by atoms with Crippen molar-refractivity contribution in [2.24, 2.45) is 5.92 Å². The van der Waals surface area contributed by atoms with Crippen molar-refractivity contribution in [3.63, 3.8) is 0 Å². The Hall–Kier alpha value is -1.72. The molecule has 0 radical (unpaired) electrons. The van der Waals surface area contributed by atoms with Crippen molar-refractivity contribution in [2.75, 3.05) is 0 Å². The van der Waals surface area contributed by atoms with E-state index in [0.717, 1.165) is 23.4 Å². The highest BCUT2D eigenvalue weighted by Crippen LogP contribution is 2.39. The van der Waals surface area contributed by atoms with Gasteiger partial charge in [0.2, 0.25) is 5.91 Å². The second kappa shape index (κ2) is 6.37. The van der Waals surface area contributed by atoms with Gasteiger partial charge in [-0.3, -0.25) is 9.78 Å². The number of thiophene rings is 1. The van der Waals surface area contributed by atoms with Crippen LogP contribution in [0.2, 0.25) is 0 Å². The van der Waals surface area contributed by atoms with Crippen LogP contribution in [0.5, 0.6) is 0 Å². The van der Waals surface area contributed by atoms with E-state index in [0.29, 0.717) is 5.92 Å². The minimum atomic E-state index is -0.217. The number of carbonyl (C=O) groups is 1. The Bertz CT molecular complexity index is 580. The van der Waals surface area contributed by atoms with Crippen molar-refractivity contribution < 1.29 is 9.90 Å². The number of nitrogens with one attached hydrogen (secondary N) is 1. The summed E-state index contributed by atoms with van der Waals surface area (Å²) in [7, 11) is 0. The van der Waals surface area contributed by atoms with E-state index in [1.807, 2.05) is 35.7 Å². The van der Waals surface area contributed by atoms with Gasteiger partial charge in [-0.2, -0.15) is 0 Å². The number of pyridine rings is 1. The van der Waals surface area contributed by atoms with Crippen LogP contribution in [0.1, 0.15) is 29.5 Å². The first-order valence-corrected chi connectivity index (χ1v) is 8.01. The van der Waals surface area contributed by atoms with Gasteiger partial charge in [-0.25, -0.2) is 0 Å². The van der Waals surface area contributed by atoms with Crippen LogP contribution in [-0.2, 0) is 11.2 Å². The molecule has 2 aromatic rings. The molecule has 4 nitrogen and oxygen atoms in total. The van der Waals surface area contributed by atoms with E-state index in [9.17, 15) is 9.90 Å². The Morgan fingerprint density at radius 3 is 2.86 bits per heavy atom. The number of nitrogens with zero attached hydrogens (tertiary/aromatic N) is 1. The zero-order valence-electron chi connectivity index (χ0n) is 11.6. The maximum absolute atomic E-state index is 12.2. The van der Waals surface area contributed by atoms with Crippen LogP contribution in [0.3, 0.4) is 0 Å². The van der Waals surface area contributed by atoms with Crippen LogP contribution in [0, 0.1) is 5.92 Å². The second-order valence-electron chi connectivity index (χ2n) is 5.44. The van der Waals surface area contributed by atoms with Crippen LogP contribution in [0.25, 0.3) is 0 Å². The highest BCUT2D eigenvalue weighted by Gasteiger charge is 2.36. The third-order valence-corrected chi connectivity index (χ3v) is 4.81. The van der Waals surface area contributed by atoms with Crippen LogP contribution in [0.4, 0.5) is 0 Å². The lowest BCUT2D eigenvalue weighted by molar-refractivity contribution is -0.122. The van der Waals surface area contributed by atoms with Crippen molar-refractivity contribution in [1.82, 2.24) is 10.3 Å².